The Labute approximate surface area is 114 Å². The molecule has 0 amide bonds. The van der Waals surface area contributed by atoms with Crippen LogP contribution in [0.4, 0.5) is 0 Å². The molecule has 0 aromatic heterocycles. The predicted octanol–water partition coefficient (Wildman–Crippen LogP) is -2.17. The van der Waals surface area contributed by atoms with E-state index >= 15 is 0 Å². The van der Waals surface area contributed by atoms with Crippen LogP contribution in [0.1, 0.15) is 2.85 Å². The molecule has 2 N–H and O–H groups in total. The van der Waals surface area contributed by atoms with Crippen LogP contribution in [0, 0.1) is 35.6 Å². The first-order chi connectivity index (χ1) is 0. The molecule has 5 heavy (non-hydrogen) atoms. The van der Waals surface area contributed by atoms with Gasteiger partial charge in [0.15, 0.2) is 17.4 Å². The van der Waals surface area contributed by atoms with Crippen molar-refractivity contribution < 1.29 is 61.0 Å². The van der Waals surface area contributed by atoms with Crippen molar-refractivity contribution in [2.24, 2.45) is 0 Å². The molecule has 2 radical (unpaired) electrons. The van der Waals surface area contributed by atoms with E-state index in [0.29, 0.717) is 0 Å². The maximum atomic E-state index is 0. The van der Waals surface area contributed by atoms with Gasteiger partial charge in [0.05, 0.1) is 0 Å². The molecule has 0 fully saturated rings. The van der Waals surface area contributed by atoms with Gasteiger partial charge in [-0.05, 0) is 0 Å². The zero-order valence-electron chi connectivity index (χ0n) is 4.16. The molecule has 1 nitrogen and oxygen atoms in total. The fraction of sp³-hybridized carbons (Fsp3) is 0. The van der Waals surface area contributed by atoms with Crippen molar-refractivity contribution in [3.8, 4) is 0 Å². The summed E-state index contributed by atoms with van der Waals surface area (Å²) in [5.41, 5.74) is 0. The smallest absolute Gasteiger partial charge is 1.00 e. The zero-order chi connectivity index (χ0) is 0. The largest absolute Gasteiger partial charge is 2.00 e. The number of hydrogen-bond donors (Lipinski definition) is 0. The fourth-order valence-electron chi connectivity index (χ4n) is 0. The summed E-state index contributed by atoms with van der Waals surface area (Å²) in [6.45, 7) is 0. The molecule has 0 heterocycles. The van der Waals surface area contributed by atoms with Gasteiger partial charge in [-0.25, -0.2) is 0 Å². The van der Waals surface area contributed by atoms with Crippen molar-refractivity contribution in [1.82, 2.24) is 0 Å². The van der Waals surface area contributed by atoms with Crippen molar-refractivity contribution in [2.75, 3.05) is 0 Å². The van der Waals surface area contributed by atoms with Crippen LogP contribution in [-0.2, 0) is 17.1 Å². The SMILES string of the molecule is O.[AlH3].[Ca+2].[H-].[H-].[La].[Mn]. The monoisotopic (exact) mass is 284 g/mol. The first-order valence-electron chi connectivity index (χ1n) is 0. The van der Waals surface area contributed by atoms with E-state index in [1.165, 1.54) is 0 Å². The molecule has 0 rings (SSSR count). The third-order valence-electron chi connectivity index (χ3n) is 0. The Kier molecular flexibility index (Phi) is 204. The van der Waals surface area contributed by atoms with Gasteiger partial charge in [-0.15, -0.1) is 0 Å². The molecule has 28 valence electrons. The maximum absolute atomic E-state index is 0. The molecule has 5 heteroatoms. The predicted molar refractivity (Wildman–Crippen MR) is 21.5 cm³/mol. The second-order valence-corrected chi connectivity index (χ2v) is 0. The van der Waals surface area contributed by atoms with E-state index in [1.807, 2.05) is 0 Å². The molecule has 0 aliphatic carbocycles. The van der Waals surface area contributed by atoms with Crippen LogP contribution >= 0.6 is 0 Å². The van der Waals surface area contributed by atoms with Crippen LogP contribution < -0.4 is 0 Å². The molecule has 0 atom stereocenters. The van der Waals surface area contributed by atoms with Gasteiger partial charge in [0.25, 0.3) is 0 Å². The normalized spacial score (nSPS) is 0. The molecule has 0 saturated carbocycles. The molecule has 0 aliphatic heterocycles. The van der Waals surface area contributed by atoms with Gasteiger partial charge < -0.3 is 8.33 Å². The Morgan fingerprint density at radius 2 is 1.20 bits per heavy atom. The Hall–Kier alpha value is 3.47. The van der Waals surface area contributed by atoms with Gasteiger partial charge in [-0.2, -0.15) is 0 Å². The molecule has 0 unspecified atom stereocenters. The molecular weight excluding hydrogens is 277 g/mol. The molecule has 0 bridgehead atoms. The summed E-state index contributed by atoms with van der Waals surface area (Å²) in [5.74, 6) is 0. The molecule has 0 aromatic rings. The quantitative estimate of drug-likeness (QED) is 0.454. The van der Waals surface area contributed by atoms with E-state index in [-0.39, 0.29) is 116 Å². The molecular formula is H7AlCaLaMnO. The second kappa shape index (κ2) is 26.0. The summed E-state index contributed by atoms with van der Waals surface area (Å²) < 4.78 is 0. The first-order valence-corrected chi connectivity index (χ1v) is 0. The Morgan fingerprint density at radius 1 is 1.20 bits per heavy atom. The molecule has 0 aliphatic rings. The van der Waals surface area contributed by atoms with E-state index < -0.39 is 0 Å². The minimum atomic E-state index is 0. The number of rotatable bonds is 0. The molecule has 0 spiro atoms. The van der Waals surface area contributed by atoms with Gasteiger partial charge in [0.1, 0.15) is 0 Å². The average Bonchev–Trinajstić information content (AvgIpc) is 0. The standard InChI is InChI=1S/Al.Ca.La.Mn.H2O.5H/h;;;;1H2;;;;;/q;+2;;;;;;;2*-1. The summed E-state index contributed by atoms with van der Waals surface area (Å²) in [7, 11) is 0. The van der Waals surface area contributed by atoms with Crippen molar-refractivity contribution in [1.29, 1.82) is 0 Å². The van der Waals surface area contributed by atoms with Crippen LogP contribution in [0.2, 0.25) is 0 Å². The summed E-state index contributed by atoms with van der Waals surface area (Å²) in [5, 5.41) is 0. The van der Waals surface area contributed by atoms with Gasteiger partial charge in [0.2, 0.25) is 0 Å². The summed E-state index contributed by atoms with van der Waals surface area (Å²) in [4.78, 5) is 0. The summed E-state index contributed by atoms with van der Waals surface area (Å²) in [6.07, 6.45) is 0. The molecule has 0 aromatic carbocycles. The van der Waals surface area contributed by atoms with E-state index in [9.17, 15) is 0 Å². The van der Waals surface area contributed by atoms with E-state index in [0.717, 1.165) is 0 Å². The van der Waals surface area contributed by atoms with Crippen molar-refractivity contribution in [3.05, 3.63) is 0 Å². The third-order valence-corrected chi connectivity index (χ3v) is 0. The average molecular weight is 284 g/mol. The van der Waals surface area contributed by atoms with E-state index in [4.69, 9.17) is 0 Å². The minimum absolute atomic E-state index is 0. The Balaban J connectivity index is 0. The third kappa shape index (κ3) is 18.6. The topological polar surface area (TPSA) is 31.5 Å². The second-order valence-electron chi connectivity index (χ2n) is 0. The van der Waals surface area contributed by atoms with Crippen LogP contribution in [0.3, 0.4) is 0 Å². The maximum Gasteiger partial charge on any atom is 2.00 e. The minimum Gasteiger partial charge on any atom is -1.00 e. The van der Waals surface area contributed by atoms with Gasteiger partial charge in [-0.1, -0.05) is 0 Å². The van der Waals surface area contributed by atoms with E-state index in [2.05, 4.69) is 0 Å². The Bertz CT molecular complexity index is 17.7. The first kappa shape index (κ1) is 39.3. The van der Waals surface area contributed by atoms with Crippen LogP contribution in [0.15, 0.2) is 0 Å². The van der Waals surface area contributed by atoms with Gasteiger partial charge >= 0.3 is 37.7 Å². The zero-order valence-corrected chi connectivity index (χ0v) is 9.18. The van der Waals surface area contributed by atoms with Crippen LogP contribution in [0.25, 0.3) is 0 Å². The van der Waals surface area contributed by atoms with Crippen LogP contribution in [-0.4, -0.2) is 60.6 Å². The van der Waals surface area contributed by atoms with Crippen LogP contribution in [0.5, 0.6) is 0 Å². The Morgan fingerprint density at radius 3 is 1.20 bits per heavy atom. The van der Waals surface area contributed by atoms with Gasteiger partial charge in [-0.3, -0.25) is 0 Å². The van der Waals surface area contributed by atoms with Crippen molar-refractivity contribution in [3.63, 3.8) is 0 Å². The summed E-state index contributed by atoms with van der Waals surface area (Å²) >= 11 is 0. The van der Waals surface area contributed by atoms with E-state index in [1.54, 1.807) is 0 Å². The van der Waals surface area contributed by atoms with Crippen molar-refractivity contribution >= 4 is 55.1 Å². The fourth-order valence-corrected chi connectivity index (χ4v) is 0. The van der Waals surface area contributed by atoms with Gasteiger partial charge in [0, 0.05) is 52.7 Å². The summed E-state index contributed by atoms with van der Waals surface area (Å²) in [6, 6.07) is 0. The number of hydrogen-bond acceptors (Lipinski definition) is 0. The van der Waals surface area contributed by atoms with Crippen molar-refractivity contribution in [2.45, 2.75) is 0 Å². The molecule has 0 saturated heterocycles.